The fourth-order valence-electron chi connectivity index (χ4n) is 0.978. The molecule has 0 rings (SSSR count). The van der Waals surface area contributed by atoms with Crippen LogP contribution in [-0.4, -0.2) is 43.3 Å². The third-order valence-electron chi connectivity index (χ3n) is 1.56. The van der Waals surface area contributed by atoms with E-state index in [4.69, 9.17) is 4.74 Å². The molecule has 0 aliphatic carbocycles. The van der Waals surface area contributed by atoms with Crippen molar-refractivity contribution in [3.8, 4) is 0 Å². The lowest BCUT2D eigenvalue weighted by atomic mass is 10.3. The highest BCUT2D eigenvalue weighted by Gasteiger charge is 2.32. The number of carbonyl (C=O) groups is 1. The van der Waals surface area contributed by atoms with Gasteiger partial charge in [-0.25, -0.2) is 0 Å². The van der Waals surface area contributed by atoms with Gasteiger partial charge in [0.2, 0.25) is 0 Å². The average molecular weight is 213 g/mol. The summed E-state index contributed by atoms with van der Waals surface area (Å²) in [5.74, 6) is -0.663. The molecule has 0 N–H and O–H groups in total. The molecule has 6 heteroatoms. The Morgan fingerprint density at radius 3 is 2.36 bits per heavy atom. The summed E-state index contributed by atoms with van der Waals surface area (Å²) in [6.07, 6.45) is -5.19. The molecule has 0 saturated carbocycles. The maximum Gasteiger partial charge on any atom is 0.406 e. The van der Waals surface area contributed by atoms with Gasteiger partial charge >= 0.3 is 6.18 Å². The van der Waals surface area contributed by atoms with Crippen LogP contribution in [-0.2, 0) is 9.53 Å². The smallest absolute Gasteiger partial charge is 0.369 e. The molecular formula is C8H14F3NO2. The number of halogens is 3. The van der Waals surface area contributed by atoms with Crippen molar-refractivity contribution in [2.45, 2.75) is 26.1 Å². The number of hydrogen-bond acceptors (Lipinski definition) is 2. The van der Waals surface area contributed by atoms with E-state index in [1.807, 2.05) is 0 Å². The first-order chi connectivity index (χ1) is 6.28. The van der Waals surface area contributed by atoms with Gasteiger partial charge in [0.1, 0.15) is 12.6 Å². The molecule has 0 heterocycles. The van der Waals surface area contributed by atoms with Gasteiger partial charge in [-0.2, -0.15) is 13.2 Å². The maximum atomic E-state index is 11.9. The SMILES string of the molecule is CCOC(C)C(=O)N(C)CC(F)(F)F. The predicted octanol–water partition coefficient (Wildman–Crippen LogP) is 1.43. The summed E-state index contributed by atoms with van der Waals surface area (Å²) in [5, 5.41) is 0. The number of hydrogen-bond donors (Lipinski definition) is 0. The lowest BCUT2D eigenvalue weighted by Gasteiger charge is -2.22. The minimum Gasteiger partial charge on any atom is -0.369 e. The maximum absolute atomic E-state index is 11.9. The van der Waals surface area contributed by atoms with Crippen molar-refractivity contribution in [2.24, 2.45) is 0 Å². The Kier molecular flexibility index (Phi) is 4.90. The normalized spacial score (nSPS) is 13.9. The van der Waals surface area contributed by atoms with Gasteiger partial charge in [0.25, 0.3) is 5.91 Å². The van der Waals surface area contributed by atoms with E-state index in [9.17, 15) is 18.0 Å². The second-order valence-electron chi connectivity index (χ2n) is 2.91. The van der Waals surface area contributed by atoms with Gasteiger partial charge in [0, 0.05) is 13.7 Å². The molecule has 0 spiro atoms. The van der Waals surface area contributed by atoms with E-state index < -0.39 is 24.7 Å². The Labute approximate surface area is 80.8 Å². The number of carbonyl (C=O) groups excluding carboxylic acids is 1. The van der Waals surface area contributed by atoms with Crippen LogP contribution in [0.4, 0.5) is 13.2 Å². The van der Waals surface area contributed by atoms with Crippen LogP contribution in [0.5, 0.6) is 0 Å². The van der Waals surface area contributed by atoms with Crippen molar-refractivity contribution >= 4 is 5.91 Å². The molecule has 1 unspecified atom stereocenters. The molecule has 0 fully saturated rings. The Balaban J connectivity index is 4.12. The highest BCUT2D eigenvalue weighted by molar-refractivity contribution is 5.80. The lowest BCUT2D eigenvalue weighted by molar-refractivity contribution is -0.164. The largest absolute Gasteiger partial charge is 0.406 e. The van der Waals surface area contributed by atoms with E-state index in [1.54, 1.807) is 6.92 Å². The minimum atomic E-state index is -4.36. The van der Waals surface area contributed by atoms with Gasteiger partial charge in [-0.1, -0.05) is 0 Å². The van der Waals surface area contributed by atoms with Crippen molar-refractivity contribution < 1.29 is 22.7 Å². The van der Waals surface area contributed by atoms with Crippen molar-refractivity contribution in [1.82, 2.24) is 4.90 Å². The zero-order valence-electron chi connectivity index (χ0n) is 8.39. The van der Waals surface area contributed by atoms with E-state index in [0.717, 1.165) is 7.05 Å². The van der Waals surface area contributed by atoms with E-state index in [0.29, 0.717) is 11.5 Å². The summed E-state index contributed by atoms with van der Waals surface area (Å²) in [4.78, 5) is 11.8. The number of rotatable bonds is 4. The van der Waals surface area contributed by atoms with E-state index >= 15 is 0 Å². The molecule has 0 aromatic carbocycles. The standard InChI is InChI=1S/C8H14F3NO2/c1-4-14-6(2)7(13)12(3)5-8(9,10)11/h6H,4-5H2,1-3H3. The molecule has 0 bridgehead atoms. The fraction of sp³-hybridized carbons (Fsp3) is 0.875. The van der Waals surface area contributed by atoms with Gasteiger partial charge in [-0.05, 0) is 13.8 Å². The molecule has 0 aromatic rings. The van der Waals surface area contributed by atoms with Gasteiger partial charge in [-0.3, -0.25) is 4.79 Å². The average Bonchev–Trinajstić information content (AvgIpc) is 2.00. The summed E-state index contributed by atoms with van der Waals surface area (Å²) in [6.45, 7) is 2.16. The second kappa shape index (κ2) is 5.19. The van der Waals surface area contributed by atoms with Gasteiger partial charge in [0.05, 0.1) is 0 Å². The third kappa shape index (κ3) is 5.06. The Bertz CT molecular complexity index is 194. The predicted molar refractivity (Wildman–Crippen MR) is 44.8 cm³/mol. The molecular weight excluding hydrogens is 199 g/mol. The zero-order chi connectivity index (χ0) is 11.4. The highest BCUT2D eigenvalue weighted by atomic mass is 19.4. The number of likely N-dealkylation sites (N-methyl/N-ethyl adjacent to an activating group) is 1. The molecule has 0 saturated heterocycles. The van der Waals surface area contributed by atoms with E-state index in [2.05, 4.69) is 0 Å². The van der Waals surface area contributed by atoms with Crippen LogP contribution in [0.3, 0.4) is 0 Å². The van der Waals surface area contributed by atoms with Crippen molar-refractivity contribution in [3.05, 3.63) is 0 Å². The molecule has 1 amide bonds. The summed E-state index contributed by atoms with van der Waals surface area (Å²) in [7, 11) is 1.10. The van der Waals surface area contributed by atoms with Crippen molar-refractivity contribution in [2.75, 3.05) is 20.2 Å². The molecule has 0 aromatic heterocycles. The Morgan fingerprint density at radius 1 is 1.50 bits per heavy atom. The zero-order valence-corrected chi connectivity index (χ0v) is 8.39. The van der Waals surface area contributed by atoms with Gasteiger partial charge in [0.15, 0.2) is 0 Å². The van der Waals surface area contributed by atoms with Crippen LogP contribution in [0.15, 0.2) is 0 Å². The summed E-state index contributed by atoms with van der Waals surface area (Å²) in [6, 6.07) is 0. The molecule has 84 valence electrons. The van der Waals surface area contributed by atoms with Crippen LogP contribution >= 0.6 is 0 Å². The van der Waals surface area contributed by atoms with Crippen LogP contribution in [0.2, 0.25) is 0 Å². The summed E-state index contributed by atoms with van der Waals surface area (Å²) >= 11 is 0. The van der Waals surface area contributed by atoms with Crippen molar-refractivity contribution in [1.29, 1.82) is 0 Å². The summed E-state index contributed by atoms with van der Waals surface area (Å²) in [5.41, 5.74) is 0. The first-order valence-electron chi connectivity index (χ1n) is 4.21. The number of alkyl halides is 3. The molecule has 0 aliphatic rings. The monoisotopic (exact) mass is 213 g/mol. The Morgan fingerprint density at radius 2 is 2.00 bits per heavy atom. The highest BCUT2D eigenvalue weighted by Crippen LogP contribution is 2.16. The summed E-state index contributed by atoms with van der Waals surface area (Å²) < 4.78 is 40.5. The van der Waals surface area contributed by atoms with E-state index in [1.165, 1.54) is 6.92 Å². The topological polar surface area (TPSA) is 29.5 Å². The number of ether oxygens (including phenoxy) is 1. The van der Waals surface area contributed by atoms with Gasteiger partial charge in [-0.15, -0.1) is 0 Å². The lowest BCUT2D eigenvalue weighted by Crippen LogP contribution is -2.41. The molecule has 0 aliphatic heterocycles. The van der Waals surface area contributed by atoms with Crippen LogP contribution in [0, 0.1) is 0 Å². The number of nitrogens with zero attached hydrogens (tertiary/aromatic N) is 1. The third-order valence-corrected chi connectivity index (χ3v) is 1.56. The van der Waals surface area contributed by atoms with Crippen LogP contribution in [0.1, 0.15) is 13.8 Å². The molecule has 3 nitrogen and oxygen atoms in total. The van der Waals surface area contributed by atoms with Crippen molar-refractivity contribution in [3.63, 3.8) is 0 Å². The second-order valence-corrected chi connectivity index (χ2v) is 2.91. The first kappa shape index (κ1) is 13.2. The number of amides is 1. The first-order valence-corrected chi connectivity index (χ1v) is 4.21. The fourth-order valence-corrected chi connectivity index (χ4v) is 0.978. The minimum absolute atomic E-state index is 0.298. The van der Waals surface area contributed by atoms with Gasteiger partial charge < -0.3 is 9.64 Å². The Hall–Kier alpha value is -0.780. The van der Waals surface area contributed by atoms with Crippen LogP contribution < -0.4 is 0 Å². The van der Waals surface area contributed by atoms with E-state index in [-0.39, 0.29) is 0 Å². The quantitative estimate of drug-likeness (QED) is 0.707. The molecule has 1 atom stereocenters. The van der Waals surface area contributed by atoms with Crippen LogP contribution in [0.25, 0.3) is 0 Å². The molecule has 14 heavy (non-hydrogen) atoms. The molecule has 0 radical (unpaired) electrons.